The van der Waals surface area contributed by atoms with Gasteiger partial charge in [0.15, 0.2) is 11.6 Å². The minimum absolute atomic E-state index is 0.0299. The lowest BCUT2D eigenvalue weighted by molar-refractivity contribution is -0.117. The number of amides is 1. The second-order valence-corrected chi connectivity index (χ2v) is 17.1. The van der Waals surface area contributed by atoms with E-state index in [9.17, 15) is 15.0 Å². The summed E-state index contributed by atoms with van der Waals surface area (Å²) in [4.78, 5) is 26.7. The van der Waals surface area contributed by atoms with Gasteiger partial charge in [-0.05, 0) is 98.9 Å². The zero-order valence-corrected chi connectivity index (χ0v) is 32.8. The molecule has 12 heteroatoms. The number of alkyl halides is 1. The Hall–Kier alpha value is -4.47. The van der Waals surface area contributed by atoms with E-state index in [-0.39, 0.29) is 54.3 Å². The molecule has 2 saturated heterocycles. The molecule has 10 nitrogen and oxygen atoms in total. The number of nitrogens with zero attached hydrogens (tertiary/aromatic N) is 4. The van der Waals surface area contributed by atoms with Gasteiger partial charge in [-0.2, -0.15) is 9.97 Å². The third-order valence-electron chi connectivity index (χ3n) is 12.7. The number of aromatic hydroxyl groups is 1. The van der Waals surface area contributed by atoms with Gasteiger partial charge in [-0.15, -0.1) is 6.42 Å². The van der Waals surface area contributed by atoms with Crippen molar-refractivity contribution in [2.75, 3.05) is 44.3 Å². The minimum Gasteiger partial charge on any atom is -0.508 e. The van der Waals surface area contributed by atoms with Crippen molar-refractivity contribution in [3.05, 3.63) is 59.6 Å². The smallest absolute Gasteiger partial charge is 0.318 e. The molecule has 0 bridgehead atoms. The Morgan fingerprint density at radius 1 is 1.21 bits per heavy atom. The molecule has 3 aromatic rings. The van der Waals surface area contributed by atoms with Crippen molar-refractivity contribution in [1.82, 2.24) is 20.2 Å². The number of benzene rings is 2. The summed E-state index contributed by atoms with van der Waals surface area (Å²) in [6.07, 6.45) is 12.6. The fraction of sp³-hybridized carbons (Fsp3) is 0.568. The lowest BCUT2D eigenvalue weighted by atomic mass is 9.78. The summed E-state index contributed by atoms with van der Waals surface area (Å²) in [5, 5.41) is 25.5. The predicted octanol–water partition coefficient (Wildman–Crippen LogP) is 6.59. The Bertz CT molecular complexity index is 1990. The van der Waals surface area contributed by atoms with E-state index in [0.717, 1.165) is 51.5 Å². The lowest BCUT2D eigenvalue weighted by Gasteiger charge is -2.44. The van der Waals surface area contributed by atoms with Gasteiger partial charge in [0.25, 0.3) is 0 Å². The SMILES string of the molecule is C#Cc1c(F)ccc2cc(O)cc([C@@H]3COc4c(nc(OC[C@]5(C(C)C)C[C@@H](F)CN5CC5CCC(C)(O)CC5)nc4N4CCCCC(NC(=O)C=C)C4)C3)c12. The van der Waals surface area contributed by atoms with Crippen LogP contribution in [0.5, 0.6) is 17.5 Å². The summed E-state index contributed by atoms with van der Waals surface area (Å²) in [5.41, 5.74) is 0.118. The fourth-order valence-electron chi connectivity index (χ4n) is 9.49. The number of halogens is 2. The summed E-state index contributed by atoms with van der Waals surface area (Å²) in [6.45, 7) is 12.3. The topological polar surface area (TPSA) is 120 Å². The Kier molecular flexibility index (Phi) is 11.5. The molecule has 0 radical (unpaired) electrons. The Morgan fingerprint density at radius 2 is 2.00 bits per heavy atom. The van der Waals surface area contributed by atoms with Crippen LogP contribution >= 0.6 is 0 Å². The molecule has 1 unspecified atom stereocenters. The van der Waals surface area contributed by atoms with Gasteiger partial charge in [-0.25, -0.2) is 8.78 Å². The highest BCUT2D eigenvalue weighted by atomic mass is 19.1. The molecule has 3 aliphatic heterocycles. The number of carbonyl (C=O) groups excluding carboxylic acids is 1. The molecule has 300 valence electrons. The van der Waals surface area contributed by atoms with Crippen molar-refractivity contribution in [2.24, 2.45) is 11.8 Å². The van der Waals surface area contributed by atoms with Gasteiger partial charge in [0.1, 0.15) is 24.3 Å². The third kappa shape index (κ3) is 8.16. The van der Waals surface area contributed by atoms with E-state index in [1.807, 2.05) is 6.92 Å². The molecule has 7 rings (SSSR count). The summed E-state index contributed by atoms with van der Waals surface area (Å²) in [7, 11) is 0. The Labute approximate surface area is 328 Å². The quantitative estimate of drug-likeness (QED) is 0.155. The van der Waals surface area contributed by atoms with E-state index in [1.54, 1.807) is 18.2 Å². The van der Waals surface area contributed by atoms with Crippen LogP contribution in [0.15, 0.2) is 36.9 Å². The summed E-state index contributed by atoms with van der Waals surface area (Å²) < 4.78 is 43.7. The van der Waals surface area contributed by atoms with Crippen molar-refractivity contribution >= 4 is 22.5 Å². The van der Waals surface area contributed by atoms with E-state index >= 15 is 8.78 Å². The second kappa shape index (κ2) is 16.2. The first-order chi connectivity index (χ1) is 26.8. The number of likely N-dealkylation sites (tertiary alicyclic amines) is 1. The molecule has 3 fully saturated rings. The number of fused-ring (bicyclic) bond motifs is 2. The molecule has 56 heavy (non-hydrogen) atoms. The van der Waals surface area contributed by atoms with Crippen molar-refractivity contribution in [1.29, 1.82) is 0 Å². The average molecular weight is 772 g/mol. The number of rotatable bonds is 10. The molecule has 1 saturated carbocycles. The number of hydrogen-bond acceptors (Lipinski definition) is 9. The van der Waals surface area contributed by atoms with Gasteiger partial charge in [-0.3, -0.25) is 9.69 Å². The van der Waals surface area contributed by atoms with Gasteiger partial charge < -0.3 is 29.9 Å². The van der Waals surface area contributed by atoms with Crippen molar-refractivity contribution in [2.45, 2.75) is 108 Å². The monoisotopic (exact) mass is 771 g/mol. The van der Waals surface area contributed by atoms with Gasteiger partial charge in [-0.1, -0.05) is 32.4 Å². The van der Waals surface area contributed by atoms with Crippen molar-refractivity contribution in [3.8, 4) is 29.9 Å². The predicted molar refractivity (Wildman–Crippen MR) is 212 cm³/mol. The van der Waals surface area contributed by atoms with Crippen LogP contribution in [-0.4, -0.2) is 93.7 Å². The molecular weight excluding hydrogens is 717 g/mol. The van der Waals surface area contributed by atoms with E-state index in [4.69, 9.17) is 25.9 Å². The highest BCUT2D eigenvalue weighted by Crippen LogP contribution is 2.44. The minimum atomic E-state index is -1.00. The zero-order chi connectivity index (χ0) is 39.8. The molecule has 2 aromatic carbocycles. The van der Waals surface area contributed by atoms with Gasteiger partial charge in [0, 0.05) is 56.4 Å². The molecule has 3 N–H and O–H groups in total. The van der Waals surface area contributed by atoms with Crippen LogP contribution in [0.4, 0.5) is 14.6 Å². The van der Waals surface area contributed by atoms with E-state index in [1.165, 1.54) is 12.1 Å². The van der Waals surface area contributed by atoms with Gasteiger partial charge in [0.05, 0.1) is 29.0 Å². The maximum atomic E-state index is 15.5. The number of hydrogen-bond donors (Lipinski definition) is 3. The molecule has 0 spiro atoms. The molecule has 1 aromatic heterocycles. The van der Waals surface area contributed by atoms with Crippen LogP contribution in [0.3, 0.4) is 0 Å². The highest BCUT2D eigenvalue weighted by Gasteiger charge is 2.50. The first-order valence-corrected chi connectivity index (χ1v) is 20.2. The zero-order valence-electron chi connectivity index (χ0n) is 32.8. The third-order valence-corrected chi connectivity index (χ3v) is 12.7. The number of terminal acetylenes is 1. The number of aliphatic hydroxyl groups is 1. The standard InChI is InChI=1S/C44H55F2N5O5/c1-6-34-36(46)12-11-29-18-33(52)20-35(39(29)34)30-19-37-40(55-25-30)41(50-17-9-8-10-32(24-50)47-38(53)7-2)49-42(48-37)56-26-44(27(3)4)21-31(45)23-51(44)22-28-13-15-43(5,54)16-14-28/h1,7,11-12,18,20,27-28,30-32,52,54H,2,8-10,13-17,19,21-26H2,3-5H3,(H,47,53)/t28?,30-,31+,32?,43?,44-/m0/s1. The second-order valence-electron chi connectivity index (χ2n) is 17.1. The maximum absolute atomic E-state index is 15.5. The number of carbonyl (C=O) groups is 1. The normalized spacial score (nSPS) is 28.3. The fourth-order valence-corrected chi connectivity index (χ4v) is 9.49. The summed E-state index contributed by atoms with van der Waals surface area (Å²) in [6, 6.07) is 6.10. The van der Waals surface area contributed by atoms with Gasteiger partial charge in [0.2, 0.25) is 5.91 Å². The van der Waals surface area contributed by atoms with Gasteiger partial charge >= 0.3 is 6.01 Å². The van der Waals surface area contributed by atoms with Crippen molar-refractivity contribution in [3.63, 3.8) is 0 Å². The maximum Gasteiger partial charge on any atom is 0.318 e. The van der Waals surface area contributed by atoms with Crippen LogP contribution in [-0.2, 0) is 11.2 Å². The number of phenolic OH excluding ortho intramolecular Hbond substituents is 1. The average Bonchev–Trinajstić information content (AvgIpc) is 3.32. The molecular formula is C44H55F2N5O5. The highest BCUT2D eigenvalue weighted by molar-refractivity contribution is 5.93. The van der Waals surface area contributed by atoms with Crippen LogP contribution < -0.4 is 19.7 Å². The first-order valence-electron chi connectivity index (χ1n) is 20.2. The van der Waals surface area contributed by atoms with E-state index in [0.29, 0.717) is 72.0 Å². The van der Waals surface area contributed by atoms with Crippen LogP contribution in [0.2, 0.25) is 0 Å². The largest absolute Gasteiger partial charge is 0.508 e. The molecule has 4 heterocycles. The number of nitrogens with one attached hydrogen (secondary N) is 1. The van der Waals surface area contributed by atoms with Crippen molar-refractivity contribution < 1.29 is 33.3 Å². The number of ether oxygens (including phenoxy) is 2. The van der Waals surface area contributed by atoms with Crippen LogP contribution in [0, 0.1) is 30.0 Å². The Balaban J connectivity index is 1.24. The molecule has 1 aliphatic carbocycles. The lowest BCUT2D eigenvalue weighted by Crippen LogP contribution is -2.54. The molecule has 4 aliphatic rings. The number of anilines is 1. The van der Waals surface area contributed by atoms with Crippen LogP contribution in [0.25, 0.3) is 10.8 Å². The van der Waals surface area contributed by atoms with E-state index in [2.05, 4.69) is 41.5 Å². The molecule has 4 atom stereocenters. The summed E-state index contributed by atoms with van der Waals surface area (Å²) >= 11 is 0. The number of aromatic nitrogens is 2. The van der Waals surface area contributed by atoms with Crippen LogP contribution in [0.1, 0.15) is 94.9 Å². The first kappa shape index (κ1) is 39.8. The van der Waals surface area contributed by atoms with E-state index < -0.39 is 23.1 Å². The Morgan fingerprint density at radius 3 is 2.73 bits per heavy atom. The summed E-state index contributed by atoms with van der Waals surface area (Å²) in [5.74, 6) is 2.91. The number of phenols is 1. The molecule has 1 amide bonds.